The fourth-order valence-electron chi connectivity index (χ4n) is 8.59. The van der Waals surface area contributed by atoms with Gasteiger partial charge in [-0.25, -0.2) is 13.9 Å². The Balaban J connectivity index is 1.20. The quantitative estimate of drug-likeness (QED) is 0.208. The molecule has 0 radical (unpaired) electrons. The molecule has 4 aliphatic rings. The molecule has 11 nitrogen and oxygen atoms in total. The molecule has 2 aromatic carbocycles. The number of carbonyl (C=O) groups is 1. The molecule has 0 aliphatic carbocycles. The molecular weight excluding hydrogens is 649 g/mol. The van der Waals surface area contributed by atoms with Crippen molar-refractivity contribution in [2.24, 2.45) is 0 Å². The topological polar surface area (TPSA) is 98.1 Å². The number of nitrogens with zero attached hydrogens (tertiary/aromatic N) is 7. The number of ether oxygens (including phenoxy) is 3. The van der Waals surface area contributed by atoms with Crippen LogP contribution in [0.1, 0.15) is 83.1 Å². The first-order valence-corrected chi connectivity index (χ1v) is 18.7. The maximum atomic E-state index is 17.3. The molecule has 4 atom stereocenters. The molecule has 8 rings (SSSR count). The zero-order chi connectivity index (χ0) is 35.6. The molecule has 0 N–H and O–H groups in total. The Morgan fingerprint density at radius 3 is 2.49 bits per heavy atom. The van der Waals surface area contributed by atoms with Crippen LogP contribution in [0.15, 0.2) is 24.4 Å². The number of rotatable bonds is 6. The lowest BCUT2D eigenvalue weighted by atomic mass is 9.92. The average Bonchev–Trinajstić information content (AvgIpc) is 3.79. The van der Waals surface area contributed by atoms with Gasteiger partial charge in [0.2, 0.25) is 0 Å². The summed E-state index contributed by atoms with van der Waals surface area (Å²) >= 11 is 0. The summed E-state index contributed by atoms with van der Waals surface area (Å²) in [4.78, 5) is 29.4. The van der Waals surface area contributed by atoms with Gasteiger partial charge in [0, 0.05) is 42.1 Å². The first-order valence-electron chi connectivity index (χ1n) is 18.7. The van der Waals surface area contributed by atoms with E-state index in [1.165, 1.54) is 0 Å². The summed E-state index contributed by atoms with van der Waals surface area (Å²) < 4.78 is 37.4. The van der Waals surface area contributed by atoms with Crippen LogP contribution in [0.5, 0.6) is 6.01 Å². The van der Waals surface area contributed by atoms with Crippen LogP contribution in [0.4, 0.5) is 15.0 Å². The standard InChI is InChI=1S/C39H50FN7O4/c1-23-18-31-30(19-41-47(31)32-11-7-8-17-49-32)33(24(23)2)28-14-15-29-35(34(28)40)42-37(50-22-27-10-9-16-44(27)6)43-36(29)45-20-25-12-13-26(21-45)46(25)38(48)51-39(3,4)5/h14-15,18-19,25-27,32H,7-13,16-17,20-22H2,1-6H3/t25?,26?,27-,32?/m0/s1. The minimum atomic E-state index is -0.574. The fourth-order valence-corrected chi connectivity index (χ4v) is 8.59. The van der Waals surface area contributed by atoms with Crippen LogP contribution in [0, 0.1) is 19.7 Å². The van der Waals surface area contributed by atoms with E-state index in [0.717, 1.165) is 79.1 Å². The van der Waals surface area contributed by atoms with Gasteiger partial charge in [0.15, 0.2) is 12.0 Å². The number of aryl methyl sites for hydroxylation is 1. The van der Waals surface area contributed by atoms with Gasteiger partial charge in [0.25, 0.3) is 0 Å². The highest BCUT2D eigenvalue weighted by molar-refractivity contribution is 6.01. The van der Waals surface area contributed by atoms with Gasteiger partial charge in [-0.2, -0.15) is 15.1 Å². The Hall–Kier alpha value is -4.03. The molecule has 272 valence electrons. The summed E-state index contributed by atoms with van der Waals surface area (Å²) in [5.74, 6) is 0.223. The van der Waals surface area contributed by atoms with Gasteiger partial charge in [-0.15, -0.1) is 0 Å². The molecule has 4 saturated heterocycles. The molecule has 2 bridgehead atoms. The number of hydrogen-bond acceptors (Lipinski definition) is 9. The zero-order valence-electron chi connectivity index (χ0n) is 30.7. The predicted octanol–water partition coefficient (Wildman–Crippen LogP) is 7.16. The van der Waals surface area contributed by atoms with Crippen molar-refractivity contribution in [2.45, 2.75) is 110 Å². The summed E-state index contributed by atoms with van der Waals surface area (Å²) in [5, 5.41) is 6.28. The largest absolute Gasteiger partial charge is 0.462 e. The second kappa shape index (κ2) is 13.2. The van der Waals surface area contributed by atoms with E-state index in [-0.39, 0.29) is 42.0 Å². The minimum absolute atomic E-state index is 0.0304. The molecule has 4 aromatic rings. The molecule has 0 saturated carbocycles. The normalized spacial score (nSPS) is 24.2. The SMILES string of the molecule is Cc1cc2c(cnn2C2CCCCO2)c(-c2ccc3c(N4CC5CCC(C4)N5C(=O)OC(C)(C)C)nc(OC[C@@H]4CCCN4C)nc3c2F)c1C. The second-order valence-electron chi connectivity index (χ2n) is 16.0. The highest BCUT2D eigenvalue weighted by atomic mass is 19.1. The van der Waals surface area contributed by atoms with Crippen molar-refractivity contribution in [1.29, 1.82) is 0 Å². The number of piperazine rings is 1. The number of likely N-dealkylation sites (N-methyl/N-ethyl adjacent to an activating group) is 1. The third-order valence-corrected chi connectivity index (χ3v) is 11.3. The van der Waals surface area contributed by atoms with Gasteiger partial charge >= 0.3 is 12.1 Å². The van der Waals surface area contributed by atoms with Crippen molar-refractivity contribution in [3.63, 3.8) is 0 Å². The maximum Gasteiger partial charge on any atom is 0.410 e. The van der Waals surface area contributed by atoms with Gasteiger partial charge in [-0.1, -0.05) is 6.07 Å². The third kappa shape index (κ3) is 6.28. The van der Waals surface area contributed by atoms with E-state index in [1.807, 2.05) is 55.6 Å². The lowest BCUT2D eigenvalue weighted by Gasteiger charge is -2.42. The van der Waals surface area contributed by atoms with Crippen molar-refractivity contribution in [3.05, 3.63) is 41.3 Å². The van der Waals surface area contributed by atoms with Crippen molar-refractivity contribution in [1.82, 2.24) is 29.5 Å². The highest BCUT2D eigenvalue weighted by Crippen LogP contribution is 2.42. The van der Waals surface area contributed by atoms with E-state index < -0.39 is 11.4 Å². The minimum Gasteiger partial charge on any atom is -0.462 e. The van der Waals surface area contributed by atoms with Gasteiger partial charge in [-0.3, -0.25) is 4.90 Å². The number of likely N-dealkylation sites (tertiary alicyclic amines) is 1. The van der Waals surface area contributed by atoms with Crippen LogP contribution in [0.3, 0.4) is 0 Å². The number of fused-ring (bicyclic) bond motifs is 4. The molecular formula is C39H50FN7O4. The van der Waals surface area contributed by atoms with Crippen LogP contribution < -0.4 is 9.64 Å². The van der Waals surface area contributed by atoms with E-state index in [2.05, 4.69) is 29.8 Å². The number of anilines is 1. The summed E-state index contributed by atoms with van der Waals surface area (Å²) in [5.41, 5.74) is 3.92. The average molecular weight is 700 g/mol. The van der Waals surface area contributed by atoms with Crippen molar-refractivity contribution >= 4 is 33.7 Å². The van der Waals surface area contributed by atoms with Crippen molar-refractivity contribution in [3.8, 4) is 17.1 Å². The maximum absolute atomic E-state index is 17.3. The zero-order valence-corrected chi connectivity index (χ0v) is 30.7. The third-order valence-electron chi connectivity index (χ3n) is 11.3. The molecule has 0 spiro atoms. The Bertz CT molecular complexity index is 1950. The molecule has 12 heteroatoms. The van der Waals surface area contributed by atoms with Crippen LogP contribution >= 0.6 is 0 Å². The molecule has 51 heavy (non-hydrogen) atoms. The fraction of sp³-hybridized carbons (Fsp3) is 0.590. The summed E-state index contributed by atoms with van der Waals surface area (Å²) in [6.45, 7) is 13.1. The summed E-state index contributed by atoms with van der Waals surface area (Å²) in [6, 6.07) is 6.31. The second-order valence-corrected chi connectivity index (χ2v) is 16.0. The first-order chi connectivity index (χ1) is 24.5. The molecule has 2 aromatic heterocycles. The monoisotopic (exact) mass is 699 g/mol. The Morgan fingerprint density at radius 1 is 1.02 bits per heavy atom. The van der Waals surface area contributed by atoms with Gasteiger partial charge in [-0.05, 0) is 122 Å². The molecule has 4 aliphatic heterocycles. The molecule has 4 fully saturated rings. The van der Waals surface area contributed by atoms with Crippen LogP contribution in [-0.4, -0.2) is 99.3 Å². The smallest absolute Gasteiger partial charge is 0.410 e. The van der Waals surface area contributed by atoms with Gasteiger partial charge in [0.1, 0.15) is 23.5 Å². The number of benzene rings is 2. The summed E-state index contributed by atoms with van der Waals surface area (Å²) in [6.07, 6.45) is 8.38. The molecule has 6 heterocycles. The van der Waals surface area contributed by atoms with Gasteiger partial charge < -0.3 is 24.0 Å². The van der Waals surface area contributed by atoms with E-state index in [0.29, 0.717) is 43.1 Å². The van der Waals surface area contributed by atoms with E-state index in [4.69, 9.17) is 29.3 Å². The van der Waals surface area contributed by atoms with Crippen molar-refractivity contribution < 1.29 is 23.4 Å². The molecule has 3 unspecified atom stereocenters. The van der Waals surface area contributed by atoms with Crippen LogP contribution in [0.25, 0.3) is 32.9 Å². The number of aromatic nitrogens is 4. The van der Waals surface area contributed by atoms with Crippen LogP contribution in [0.2, 0.25) is 0 Å². The highest BCUT2D eigenvalue weighted by Gasteiger charge is 2.45. The Morgan fingerprint density at radius 2 is 1.80 bits per heavy atom. The first kappa shape index (κ1) is 34.1. The van der Waals surface area contributed by atoms with E-state index >= 15 is 4.39 Å². The van der Waals surface area contributed by atoms with E-state index in [1.54, 1.807) is 0 Å². The van der Waals surface area contributed by atoms with Gasteiger partial charge in [0.05, 0.1) is 23.8 Å². The number of halogens is 1. The lowest BCUT2D eigenvalue weighted by Crippen LogP contribution is -2.57. The van der Waals surface area contributed by atoms with Crippen molar-refractivity contribution in [2.75, 3.05) is 44.8 Å². The number of amides is 1. The number of carbonyl (C=O) groups excluding carboxylic acids is 1. The van der Waals surface area contributed by atoms with E-state index in [9.17, 15) is 4.79 Å². The summed E-state index contributed by atoms with van der Waals surface area (Å²) in [7, 11) is 2.10. The Kier molecular flexibility index (Phi) is 8.81. The Labute approximate surface area is 299 Å². The number of hydrogen-bond donors (Lipinski definition) is 0. The predicted molar refractivity (Wildman–Crippen MR) is 195 cm³/mol. The van der Waals surface area contributed by atoms with Crippen LogP contribution in [-0.2, 0) is 9.47 Å². The molecule has 1 amide bonds. The lowest BCUT2D eigenvalue weighted by molar-refractivity contribution is -0.0366.